The molecule has 3 rings (SSSR count). The highest BCUT2D eigenvalue weighted by atomic mass is 19.1. The van der Waals surface area contributed by atoms with E-state index < -0.39 is 0 Å². The van der Waals surface area contributed by atoms with Crippen molar-refractivity contribution < 1.29 is 4.39 Å². The topological polar surface area (TPSA) is 45.5 Å². The average molecular weight is 379 g/mol. The maximum absolute atomic E-state index is 13.4. The molecule has 3 aromatic rings. The molecule has 146 valence electrons. The van der Waals surface area contributed by atoms with Gasteiger partial charge in [0.15, 0.2) is 5.96 Å². The summed E-state index contributed by atoms with van der Waals surface area (Å²) in [4.78, 5) is 10.9. The number of hydrogen-bond donors (Lipinski definition) is 1. The van der Waals surface area contributed by atoms with Crippen LogP contribution in [-0.4, -0.2) is 34.0 Å². The van der Waals surface area contributed by atoms with E-state index in [2.05, 4.69) is 34.6 Å². The molecular weight excluding hydrogens is 353 g/mol. The number of nitrogens with zero attached hydrogens (tertiary/aromatic N) is 4. The molecule has 0 saturated carbocycles. The summed E-state index contributed by atoms with van der Waals surface area (Å²) in [6.45, 7) is 4.76. The first kappa shape index (κ1) is 19.6. The number of hydrogen-bond acceptors (Lipinski definition) is 2. The molecule has 0 unspecified atom stereocenters. The highest BCUT2D eigenvalue weighted by molar-refractivity contribution is 5.79. The number of halogens is 1. The van der Waals surface area contributed by atoms with Crippen molar-refractivity contribution >= 4 is 5.96 Å². The highest BCUT2D eigenvalue weighted by Gasteiger charge is 2.07. The van der Waals surface area contributed by atoms with Crippen molar-refractivity contribution in [2.75, 3.05) is 13.6 Å². The lowest BCUT2D eigenvalue weighted by Crippen LogP contribution is -2.38. The molecule has 28 heavy (non-hydrogen) atoms. The third kappa shape index (κ3) is 5.67. The molecule has 6 heteroatoms. The van der Waals surface area contributed by atoms with Gasteiger partial charge >= 0.3 is 0 Å². The summed E-state index contributed by atoms with van der Waals surface area (Å²) in [7, 11) is 1.96. The van der Waals surface area contributed by atoms with Gasteiger partial charge in [0, 0.05) is 39.1 Å². The van der Waals surface area contributed by atoms with Crippen LogP contribution < -0.4 is 5.32 Å². The van der Waals surface area contributed by atoms with Crippen molar-refractivity contribution in [2.24, 2.45) is 4.99 Å². The molecule has 1 heterocycles. The van der Waals surface area contributed by atoms with Crippen molar-refractivity contribution in [3.05, 3.63) is 89.8 Å². The Morgan fingerprint density at radius 2 is 1.93 bits per heavy atom. The Labute approximate surface area is 165 Å². The highest BCUT2D eigenvalue weighted by Crippen LogP contribution is 2.10. The van der Waals surface area contributed by atoms with E-state index in [4.69, 9.17) is 4.99 Å². The number of aromatic nitrogens is 2. The second-order valence-corrected chi connectivity index (χ2v) is 6.71. The third-order valence-electron chi connectivity index (χ3n) is 4.33. The monoisotopic (exact) mass is 379 g/mol. The smallest absolute Gasteiger partial charge is 0.194 e. The lowest BCUT2D eigenvalue weighted by molar-refractivity contribution is 0.474. The Morgan fingerprint density at radius 3 is 2.68 bits per heavy atom. The molecule has 0 fully saturated rings. The van der Waals surface area contributed by atoms with Gasteiger partial charge in [0.2, 0.25) is 0 Å². The Balaban J connectivity index is 1.68. The molecule has 0 bridgehead atoms. The molecule has 0 aliphatic carbocycles. The van der Waals surface area contributed by atoms with Gasteiger partial charge in [-0.05, 0) is 35.7 Å². The number of rotatable bonds is 7. The van der Waals surface area contributed by atoms with E-state index in [1.54, 1.807) is 18.3 Å². The zero-order chi connectivity index (χ0) is 19.8. The lowest BCUT2D eigenvalue weighted by atomic mass is 10.1. The second-order valence-electron chi connectivity index (χ2n) is 6.71. The second kappa shape index (κ2) is 9.69. The first-order valence-corrected chi connectivity index (χ1v) is 9.41. The van der Waals surface area contributed by atoms with Crippen LogP contribution in [0.4, 0.5) is 4.39 Å². The van der Waals surface area contributed by atoms with Gasteiger partial charge in [-0.15, -0.1) is 0 Å². The average Bonchev–Trinajstić information content (AvgIpc) is 3.18. The molecule has 0 spiro atoms. The zero-order valence-electron chi connectivity index (χ0n) is 16.3. The van der Waals surface area contributed by atoms with Gasteiger partial charge < -0.3 is 14.8 Å². The van der Waals surface area contributed by atoms with Crippen molar-refractivity contribution in [1.29, 1.82) is 0 Å². The fourth-order valence-electron chi connectivity index (χ4n) is 3.04. The minimum absolute atomic E-state index is 0.220. The molecule has 0 amide bonds. The molecule has 1 aromatic heterocycles. The van der Waals surface area contributed by atoms with E-state index in [9.17, 15) is 4.39 Å². The summed E-state index contributed by atoms with van der Waals surface area (Å²) < 4.78 is 15.5. The number of imidazole rings is 1. The molecule has 0 aliphatic rings. The Bertz CT molecular complexity index is 905. The SMILES string of the molecule is CCNC(=NCc1cccc(Cn2ccnc2)c1)N(C)Cc1cccc(F)c1. The zero-order valence-corrected chi connectivity index (χ0v) is 16.3. The van der Waals surface area contributed by atoms with Crippen LogP contribution >= 0.6 is 0 Å². The first-order valence-electron chi connectivity index (χ1n) is 9.41. The van der Waals surface area contributed by atoms with Crippen LogP contribution in [0.3, 0.4) is 0 Å². The van der Waals surface area contributed by atoms with Crippen molar-refractivity contribution in [3.8, 4) is 0 Å². The fourth-order valence-corrected chi connectivity index (χ4v) is 3.04. The van der Waals surface area contributed by atoms with E-state index in [1.807, 2.05) is 42.0 Å². The molecule has 0 aliphatic heterocycles. The number of aliphatic imine (C=N–C) groups is 1. The Morgan fingerprint density at radius 1 is 1.14 bits per heavy atom. The lowest BCUT2D eigenvalue weighted by Gasteiger charge is -2.22. The number of guanidine groups is 1. The molecule has 0 radical (unpaired) electrons. The van der Waals surface area contributed by atoms with Gasteiger partial charge in [-0.3, -0.25) is 0 Å². The van der Waals surface area contributed by atoms with E-state index >= 15 is 0 Å². The Hall–Kier alpha value is -3.15. The molecular formula is C22H26FN5. The van der Waals surface area contributed by atoms with E-state index in [-0.39, 0.29) is 5.82 Å². The predicted molar refractivity (Wildman–Crippen MR) is 110 cm³/mol. The fraction of sp³-hybridized carbons (Fsp3) is 0.273. The van der Waals surface area contributed by atoms with E-state index in [0.717, 1.165) is 30.2 Å². The van der Waals surface area contributed by atoms with Crippen LogP contribution in [-0.2, 0) is 19.6 Å². The molecule has 0 atom stereocenters. The van der Waals surface area contributed by atoms with Gasteiger partial charge in [0.25, 0.3) is 0 Å². The van der Waals surface area contributed by atoms with E-state index in [0.29, 0.717) is 13.1 Å². The van der Waals surface area contributed by atoms with Crippen LogP contribution in [0.15, 0.2) is 72.2 Å². The molecule has 1 N–H and O–H groups in total. The van der Waals surface area contributed by atoms with Gasteiger partial charge in [-0.25, -0.2) is 14.4 Å². The standard InChI is InChI=1S/C22H26FN5/c1-3-25-22(27(2)15-20-8-5-9-21(23)13-20)26-14-18-6-4-7-19(12-18)16-28-11-10-24-17-28/h4-13,17H,3,14-16H2,1-2H3,(H,25,26). The molecule has 5 nitrogen and oxygen atoms in total. The minimum atomic E-state index is -0.220. The summed E-state index contributed by atoms with van der Waals surface area (Å²) in [5.41, 5.74) is 3.27. The predicted octanol–water partition coefficient (Wildman–Crippen LogP) is 3.67. The summed E-state index contributed by atoms with van der Waals surface area (Å²) in [5, 5.41) is 3.31. The van der Waals surface area contributed by atoms with E-state index in [1.165, 1.54) is 11.6 Å². The van der Waals surface area contributed by atoms with Gasteiger partial charge in [0.1, 0.15) is 5.82 Å². The molecule has 0 saturated heterocycles. The number of benzene rings is 2. The van der Waals surface area contributed by atoms with Crippen LogP contribution in [0.1, 0.15) is 23.6 Å². The summed E-state index contributed by atoms with van der Waals surface area (Å²) >= 11 is 0. The van der Waals surface area contributed by atoms with Crippen molar-refractivity contribution in [1.82, 2.24) is 19.8 Å². The summed E-state index contributed by atoms with van der Waals surface area (Å²) in [5.74, 6) is 0.578. The van der Waals surface area contributed by atoms with Crippen molar-refractivity contribution in [2.45, 2.75) is 26.6 Å². The Kier molecular flexibility index (Phi) is 6.78. The summed E-state index contributed by atoms with van der Waals surface area (Å²) in [6, 6.07) is 15.1. The van der Waals surface area contributed by atoms with Crippen molar-refractivity contribution in [3.63, 3.8) is 0 Å². The maximum atomic E-state index is 13.4. The molecule has 2 aromatic carbocycles. The van der Waals surface area contributed by atoms with Crippen LogP contribution in [0.25, 0.3) is 0 Å². The van der Waals surface area contributed by atoms with Gasteiger partial charge in [-0.1, -0.05) is 36.4 Å². The van der Waals surface area contributed by atoms with Crippen LogP contribution in [0.5, 0.6) is 0 Å². The van der Waals surface area contributed by atoms with Gasteiger partial charge in [-0.2, -0.15) is 0 Å². The normalized spacial score (nSPS) is 11.5. The largest absolute Gasteiger partial charge is 0.357 e. The van der Waals surface area contributed by atoms with Crippen LogP contribution in [0.2, 0.25) is 0 Å². The third-order valence-corrected chi connectivity index (χ3v) is 4.33. The minimum Gasteiger partial charge on any atom is -0.357 e. The maximum Gasteiger partial charge on any atom is 0.194 e. The summed E-state index contributed by atoms with van der Waals surface area (Å²) in [6.07, 6.45) is 5.55. The number of nitrogens with one attached hydrogen (secondary N) is 1. The quantitative estimate of drug-likeness (QED) is 0.503. The first-order chi connectivity index (χ1) is 13.6. The van der Waals surface area contributed by atoms with Gasteiger partial charge in [0.05, 0.1) is 12.9 Å². The van der Waals surface area contributed by atoms with Crippen LogP contribution in [0, 0.1) is 5.82 Å².